The molecule has 3 fully saturated rings. The molecular formula is C30H48N2O. The summed E-state index contributed by atoms with van der Waals surface area (Å²) in [7, 11) is 0. The number of nitrogens with one attached hydrogen (secondary N) is 1. The maximum Gasteiger partial charge on any atom is 0.139 e. The van der Waals surface area contributed by atoms with Crippen molar-refractivity contribution in [2.75, 3.05) is 0 Å². The number of nitriles is 1. The maximum absolute atomic E-state index is 13.9. The van der Waals surface area contributed by atoms with Gasteiger partial charge >= 0.3 is 0 Å². The average molecular weight is 453 g/mol. The summed E-state index contributed by atoms with van der Waals surface area (Å²) >= 11 is 0. The summed E-state index contributed by atoms with van der Waals surface area (Å²) in [5.41, 5.74) is 0.703. The van der Waals surface area contributed by atoms with Gasteiger partial charge in [-0.15, -0.1) is 6.58 Å². The number of rotatable bonds is 9. The molecule has 8 atom stereocenters. The Kier molecular flexibility index (Phi) is 8.32. The molecule has 3 aliphatic carbocycles. The lowest BCUT2D eigenvalue weighted by molar-refractivity contribution is -0.148. The first kappa shape index (κ1) is 26.2. The van der Waals surface area contributed by atoms with Gasteiger partial charge in [0.05, 0.1) is 6.07 Å². The quantitative estimate of drug-likeness (QED) is 0.296. The van der Waals surface area contributed by atoms with Crippen molar-refractivity contribution in [3.05, 3.63) is 24.8 Å². The summed E-state index contributed by atoms with van der Waals surface area (Å²) in [4.78, 5) is 13.9. The highest BCUT2D eigenvalue weighted by Crippen LogP contribution is 2.63. The lowest BCUT2D eigenvalue weighted by Gasteiger charge is -2.56. The Morgan fingerprint density at radius 2 is 1.97 bits per heavy atom. The van der Waals surface area contributed by atoms with Gasteiger partial charge in [-0.1, -0.05) is 47.3 Å². The van der Waals surface area contributed by atoms with Crippen molar-refractivity contribution in [1.29, 1.82) is 5.26 Å². The predicted molar refractivity (Wildman–Crippen MR) is 138 cm³/mol. The summed E-state index contributed by atoms with van der Waals surface area (Å²) in [6.07, 6.45) is 12.7. The van der Waals surface area contributed by atoms with Crippen LogP contribution in [0.1, 0.15) is 98.8 Å². The molecule has 0 spiro atoms. The minimum Gasteiger partial charge on any atom is -0.312 e. The fourth-order valence-electron chi connectivity index (χ4n) is 8.41. The van der Waals surface area contributed by atoms with Crippen LogP contribution < -0.4 is 5.32 Å². The number of ketones is 1. The van der Waals surface area contributed by atoms with Gasteiger partial charge in [0.25, 0.3) is 0 Å². The molecule has 1 N–H and O–H groups in total. The van der Waals surface area contributed by atoms with E-state index in [1.165, 1.54) is 25.7 Å². The van der Waals surface area contributed by atoms with Crippen LogP contribution in [0.5, 0.6) is 0 Å². The van der Waals surface area contributed by atoms with E-state index in [1.54, 1.807) is 0 Å². The normalized spacial score (nSPS) is 40.9. The molecular weight excluding hydrogens is 404 g/mol. The van der Waals surface area contributed by atoms with Gasteiger partial charge in [0.15, 0.2) is 0 Å². The van der Waals surface area contributed by atoms with E-state index in [1.807, 2.05) is 0 Å². The van der Waals surface area contributed by atoms with Crippen LogP contribution in [0, 0.1) is 51.8 Å². The van der Waals surface area contributed by atoms with Crippen LogP contribution in [0.3, 0.4) is 0 Å². The standard InChI is InChI=1S/C30H48N2O/c1-8-10-24-17-25(32-20(2)3)15-16-29(24,6)27-18-28(33)30(7)23(12-9-11-21(4)19-31)13-14-26(30)22(27)5/h8,20,22-27,32H,1,4,9-18H2,2-3,5-7H3. The second-order valence-corrected chi connectivity index (χ2v) is 12.4. The molecule has 8 unspecified atom stereocenters. The van der Waals surface area contributed by atoms with Gasteiger partial charge in [-0.25, -0.2) is 0 Å². The zero-order valence-corrected chi connectivity index (χ0v) is 22.0. The SMILES string of the molecule is C=CCC1CC(NC(C)C)CCC1(C)C1CC(=O)C2(C)C(CCCC(=C)C#N)CCC2C1C. The van der Waals surface area contributed by atoms with Crippen LogP contribution in [0.25, 0.3) is 0 Å². The smallest absolute Gasteiger partial charge is 0.139 e. The third-order valence-corrected chi connectivity index (χ3v) is 10.3. The first-order valence-corrected chi connectivity index (χ1v) is 13.6. The predicted octanol–water partition coefficient (Wildman–Crippen LogP) is 7.24. The number of Topliss-reactive ketones (excluding diaryl/α,β-unsaturated/α-hetero) is 1. The highest BCUT2D eigenvalue weighted by Gasteiger charge is 2.60. The average Bonchev–Trinajstić information content (AvgIpc) is 3.11. The van der Waals surface area contributed by atoms with E-state index in [0.717, 1.165) is 38.5 Å². The molecule has 0 aliphatic heterocycles. The molecule has 3 nitrogen and oxygen atoms in total. The molecule has 33 heavy (non-hydrogen) atoms. The molecule has 3 heteroatoms. The van der Waals surface area contributed by atoms with E-state index in [2.05, 4.69) is 65.2 Å². The lowest BCUT2D eigenvalue weighted by Crippen LogP contribution is -2.55. The summed E-state index contributed by atoms with van der Waals surface area (Å²) in [6, 6.07) is 3.27. The number of carbonyl (C=O) groups is 1. The molecule has 3 rings (SSSR count). The Labute approximate surface area is 203 Å². The van der Waals surface area contributed by atoms with Crippen LogP contribution in [0.4, 0.5) is 0 Å². The Bertz CT molecular complexity index is 779. The number of allylic oxidation sites excluding steroid dienone is 2. The number of nitrogens with zero attached hydrogens (tertiary/aromatic N) is 1. The Morgan fingerprint density at radius 1 is 1.24 bits per heavy atom. The number of carbonyl (C=O) groups excluding carboxylic acids is 1. The fraction of sp³-hybridized carbons (Fsp3) is 0.800. The van der Waals surface area contributed by atoms with E-state index in [-0.39, 0.29) is 10.8 Å². The summed E-state index contributed by atoms with van der Waals surface area (Å²) < 4.78 is 0. The molecule has 0 heterocycles. The van der Waals surface area contributed by atoms with Crippen molar-refractivity contribution in [2.24, 2.45) is 40.4 Å². The number of hydrogen-bond donors (Lipinski definition) is 1. The van der Waals surface area contributed by atoms with Gasteiger partial charge in [-0.05, 0) is 92.8 Å². The second-order valence-electron chi connectivity index (χ2n) is 12.4. The minimum absolute atomic E-state index is 0.176. The zero-order chi connectivity index (χ0) is 24.4. The Hall–Kier alpha value is -1.40. The van der Waals surface area contributed by atoms with Crippen LogP contribution in [0.2, 0.25) is 0 Å². The molecule has 184 valence electrons. The Balaban J connectivity index is 1.76. The topological polar surface area (TPSA) is 52.9 Å². The summed E-state index contributed by atoms with van der Waals surface area (Å²) in [6.45, 7) is 19.7. The molecule has 3 aliphatic rings. The van der Waals surface area contributed by atoms with Crippen molar-refractivity contribution in [3.8, 4) is 6.07 Å². The van der Waals surface area contributed by atoms with Crippen molar-refractivity contribution in [1.82, 2.24) is 5.32 Å². The summed E-state index contributed by atoms with van der Waals surface area (Å²) in [5.74, 6) is 3.15. The van der Waals surface area contributed by atoms with E-state index in [9.17, 15) is 4.79 Å². The zero-order valence-electron chi connectivity index (χ0n) is 22.0. The van der Waals surface area contributed by atoms with Crippen molar-refractivity contribution < 1.29 is 4.79 Å². The molecule has 0 bridgehead atoms. The van der Waals surface area contributed by atoms with E-state index < -0.39 is 0 Å². The van der Waals surface area contributed by atoms with Gasteiger partial charge < -0.3 is 5.32 Å². The van der Waals surface area contributed by atoms with Gasteiger partial charge in [0.1, 0.15) is 5.78 Å². The molecule has 3 saturated carbocycles. The molecule has 0 aromatic carbocycles. The third-order valence-electron chi connectivity index (χ3n) is 10.3. The monoisotopic (exact) mass is 452 g/mol. The van der Waals surface area contributed by atoms with E-state index >= 15 is 0 Å². The maximum atomic E-state index is 13.9. The van der Waals surface area contributed by atoms with Crippen LogP contribution in [0.15, 0.2) is 24.8 Å². The van der Waals surface area contributed by atoms with E-state index in [0.29, 0.717) is 53.0 Å². The van der Waals surface area contributed by atoms with Crippen LogP contribution in [-0.2, 0) is 4.79 Å². The highest BCUT2D eigenvalue weighted by atomic mass is 16.1. The van der Waals surface area contributed by atoms with Gasteiger partial charge in [-0.2, -0.15) is 5.26 Å². The Morgan fingerprint density at radius 3 is 2.61 bits per heavy atom. The van der Waals surface area contributed by atoms with Crippen LogP contribution in [-0.4, -0.2) is 17.9 Å². The molecule has 0 saturated heterocycles. The van der Waals surface area contributed by atoms with Crippen molar-refractivity contribution in [2.45, 2.75) is 111 Å². The minimum atomic E-state index is -0.176. The first-order chi connectivity index (χ1) is 15.6. The molecule has 0 aromatic rings. The van der Waals surface area contributed by atoms with Crippen LogP contribution >= 0.6 is 0 Å². The van der Waals surface area contributed by atoms with Gasteiger partial charge in [0, 0.05) is 29.5 Å². The van der Waals surface area contributed by atoms with Crippen molar-refractivity contribution >= 4 is 5.78 Å². The fourth-order valence-corrected chi connectivity index (χ4v) is 8.41. The lowest BCUT2D eigenvalue weighted by atomic mass is 9.48. The third kappa shape index (κ3) is 5.02. The number of fused-ring (bicyclic) bond motifs is 1. The largest absolute Gasteiger partial charge is 0.312 e. The van der Waals surface area contributed by atoms with Gasteiger partial charge in [0.2, 0.25) is 0 Å². The van der Waals surface area contributed by atoms with E-state index in [4.69, 9.17) is 5.26 Å². The first-order valence-electron chi connectivity index (χ1n) is 13.6. The summed E-state index contributed by atoms with van der Waals surface area (Å²) in [5, 5.41) is 12.8. The molecule has 0 aromatic heterocycles. The second kappa shape index (κ2) is 10.5. The highest BCUT2D eigenvalue weighted by molar-refractivity contribution is 5.86. The van der Waals surface area contributed by atoms with Crippen molar-refractivity contribution in [3.63, 3.8) is 0 Å². The van der Waals surface area contributed by atoms with Gasteiger partial charge in [-0.3, -0.25) is 4.79 Å². The molecule has 0 amide bonds. The number of hydrogen-bond acceptors (Lipinski definition) is 3. The molecule has 0 radical (unpaired) electrons.